The predicted octanol–water partition coefficient (Wildman–Crippen LogP) is 3.13. The topological polar surface area (TPSA) is 73.1 Å². The van der Waals surface area contributed by atoms with Crippen molar-refractivity contribution in [3.05, 3.63) is 36.0 Å². The van der Waals surface area contributed by atoms with E-state index in [1.807, 2.05) is 37.3 Å². The minimum Gasteiger partial charge on any atom is -0.494 e. The van der Waals surface area contributed by atoms with E-state index < -0.39 is 0 Å². The van der Waals surface area contributed by atoms with Crippen molar-refractivity contribution in [2.24, 2.45) is 5.84 Å². The van der Waals surface area contributed by atoms with Crippen molar-refractivity contribution < 1.29 is 4.74 Å². The van der Waals surface area contributed by atoms with Crippen LogP contribution in [0.25, 0.3) is 11.4 Å². The Labute approximate surface area is 125 Å². The zero-order chi connectivity index (χ0) is 15.5. The summed E-state index contributed by atoms with van der Waals surface area (Å²) in [5.74, 6) is 7.61. The molecule has 0 fully saturated rings. The van der Waals surface area contributed by atoms with E-state index in [0.29, 0.717) is 18.2 Å². The highest BCUT2D eigenvalue weighted by Crippen LogP contribution is 2.26. The summed E-state index contributed by atoms with van der Waals surface area (Å²) in [6, 6.07) is 9.61. The van der Waals surface area contributed by atoms with Crippen molar-refractivity contribution in [1.29, 1.82) is 0 Å². The molecule has 0 bridgehead atoms. The van der Waals surface area contributed by atoms with Gasteiger partial charge in [-0.3, -0.25) is 0 Å². The first kappa shape index (κ1) is 15.3. The van der Waals surface area contributed by atoms with Crippen LogP contribution in [0.5, 0.6) is 5.75 Å². The van der Waals surface area contributed by atoms with E-state index in [4.69, 9.17) is 10.6 Å². The van der Waals surface area contributed by atoms with Gasteiger partial charge in [-0.2, -0.15) is 0 Å². The maximum Gasteiger partial charge on any atom is 0.161 e. The van der Waals surface area contributed by atoms with Crippen molar-refractivity contribution in [3.63, 3.8) is 0 Å². The third kappa shape index (κ3) is 3.70. The molecule has 1 heterocycles. The van der Waals surface area contributed by atoms with E-state index >= 15 is 0 Å². The van der Waals surface area contributed by atoms with Gasteiger partial charge in [0.2, 0.25) is 0 Å². The van der Waals surface area contributed by atoms with Gasteiger partial charge >= 0.3 is 0 Å². The standard InChI is InChI=1S/C16H22N4O/c1-5-21-12-8-6-11(7-9-12)15-18-13(16(2,3)4)10-14(19-15)20-17/h6-10H,5,17H2,1-4H3,(H,18,19,20). The monoisotopic (exact) mass is 286 g/mol. The molecule has 1 aromatic carbocycles. The number of rotatable bonds is 4. The molecular formula is C16H22N4O. The van der Waals surface area contributed by atoms with Crippen molar-refractivity contribution >= 4 is 5.82 Å². The van der Waals surface area contributed by atoms with E-state index in [2.05, 4.69) is 36.2 Å². The SMILES string of the molecule is CCOc1ccc(-c2nc(NN)cc(C(C)(C)C)n2)cc1. The first-order valence-electron chi connectivity index (χ1n) is 7.03. The summed E-state index contributed by atoms with van der Waals surface area (Å²) in [5.41, 5.74) is 4.40. The lowest BCUT2D eigenvalue weighted by Gasteiger charge is -2.19. The summed E-state index contributed by atoms with van der Waals surface area (Å²) in [6.45, 7) is 8.94. The van der Waals surface area contributed by atoms with Crippen LogP contribution in [0, 0.1) is 0 Å². The van der Waals surface area contributed by atoms with Crippen LogP contribution < -0.4 is 16.0 Å². The minimum atomic E-state index is -0.0748. The Morgan fingerprint density at radius 2 is 1.81 bits per heavy atom. The van der Waals surface area contributed by atoms with Gasteiger partial charge in [-0.1, -0.05) is 20.8 Å². The number of hydrogen-bond donors (Lipinski definition) is 2. The van der Waals surface area contributed by atoms with Gasteiger partial charge in [-0.15, -0.1) is 0 Å². The zero-order valence-electron chi connectivity index (χ0n) is 13.0. The highest BCUT2D eigenvalue weighted by atomic mass is 16.5. The van der Waals surface area contributed by atoms with E-state index in [-0.39, 0.29) is 5.41 Å². The Morgan fingerprint density at radius 1 is 1.14 bits per heavy atom. The number of hydrogen-bond acceptors (Lipinski definition) is 5. The number of anilines is 1. The van der Waals surface area contributed by atoms with Crippen LogP contribution >= 0.6 is 0 Å². The van der Waals surface area contributed by atoms with Crippen LogP contribution in [-0.2, 0) is 5.41 Å². The maximum absolute atomic E-state index is 5.51. The second-order valence-corrected chi connectivity index (χ2v) is 5.81. The Bertz CT molecular complexity index is 603. The molecule has 0 spiro atoms. The molecule has 21 heavy (non-hydrogen) atoms. The van der Waals surface area contributed by atoms with Crippen molar-refractivity contribution in [2.45, 2.75) is 33.1 Å². The van der Waals surface area contributed by atoms with E-state index in [1.165, 1.54) is 0 Å². The van der Waals surface area contributed by atoms with Crippen LogP contribution in [0.3, 0.4) is 0 Å². The molecule has 5 nitrogen and oxygen atoms in total. The molecule has 0 amide bonds. The number of nitrogens with zero attached hydrogens (tertiary/aromatic N) is 2. The van der Waals surface area contributed by atoms with E-state index in [9.17, 15) is 0 Å². The van der Waals surface area contributed by atoms with Gasteiger partial charge in [0.15, 0.2) is 5.82 Å². The second kappa shape index (κ2) is 6.10. The van der Waals surface area contributed by atoms with Crippen LogP contribution in [-0.4, -0.2) is 16.6 Å². The maximum atomic E-state index is 5.51. The lowest BCUT2D eigenvalue weighted by atomic mass is 9.92. The largest absolute Gasteiger partial charge is 0.494 e. The zero-order valence-corrected chi connectivity index (χ0v) is 13.0. The number of benzene rings is 1. The fraction of sp³-hybridized carbons (Fsp3) is 0.375. The number of hydrazine groups is 1. The van der Waals surface area contributed by atoms with Gasteiger partial charge in [-0.25, -0.2) is 15.8 Å². The summed E-state index contributed by atoms with van der Waals surface area (Å²) in [5, 5.41) is 0. The summed E-state index contributed by atoms with van der Waals surface area (Å²) >= 11 is 0. The molecule has 0 atom stereocenters. The second-order valence-electron chi connectivity index (χ2n) is 5.81. The Balaban J connectivity index is 2.42. The van der Waals surface area contributed by atoms with E-state index in [0.717, 1.165) is 17.0 Å². The van der Waals surface area contributed by atoms with Crippen LogP contribution in [0.4, 0.5) is 5.82 Å². The van der Waals surface area contributed by atoms with Crippen LogP contribution in [0.2, 0.25) is 0 Å². The molecule has 0 aliphatic carbocycles. The molecule has 0 saturated heterocycles. The molecule has 0 saturated carbocycles. The van der Waals surface area contributed by atoms with Gasteiger partial charge in [0.1, 0.15) is 11.6 Å². The van der Waals surface area contributed by atoms with Crippen molar-refractivity contribution in [2.75, 3.05) is 12.0 Å². The summed E-state index contributed by atoms with van der Waals surface area (Å²) in [4.78, 5) is 9.07. The van der Waals surface area contributed by atoms with Gasteiger partial charge < -0.3 is 10.2 Å². The number of aromatic nitrogens is 2. The fourth-order valence-corrected chi connectivity index (χ4v) is 1.90. The molecule has 0 aliphatic heterocycles. The molecular weight excluding hydrogens is 264 g/mol. The fourth-order valence-electron chi connectivity index (χ4n) is 1.90. The molecule has 112 valence electrons. The molecule has 0 aliphatic rings. The summed E-state index contributed by atoms with van der Waals surface area (Å²) in [6.07, 6.45) is 0. The number of nitrogens with two attached hydrogens (primary N) is 1. The predicted molar refractivity (Wildman–Crippen MR) is 85.1 cm³/mol. The Hall–Kier alpha value is -2.14. The molecule has 0 unspecified atom stereocenters. The van der Waals surface area contributed by atoms with Crippen molar-refractivity contribution in [1.82, 2.24) is 9.97 Å². The van der Waals surface area contributed by atoms with Crippen LogP contribution in [0.1, 0.15) is 33.4 Å². The third-order valence-electron chi connectivity index (χ3n) is 3.07. The first-order chi connectivity index (χ1) is 9.94. The lowest BCUT2D eigenvalue weighted by Crippen LogP contribution is -2.17. The van der Waals surface area contributed by atoms with E-state index in [1.54, 1.807) is 0 Å². The molecule has 5 heteroatoms. The number of ether oxygens (including phenoxy) is 1. The molecule has 3 N–H and O–H groups in total. The highest BCUT2D eigenvalue weighted by molar-refractivity contribution is 5.59. The Morgan fingerprint density at radius 3 is 2.33 bits per heavy atom. The van der Waals surface area contributed by atoms with Crippen LogP contribution in [0.15, 0.2) is 30.3 Å². The first-order valence-corrected chi connectivity index (χ1v) is 7.03. The summed E-state index contributed by atoms with van der Waals surface area (Å²) in [7, 11) is 0. The Kier molecular flexibility index (Phi) is 4.43. The number of nitrogens with one attached hydrogen (secondary N) is 1. The van der Waals surface area contributed by atoms with Gasteiger partial charge in [0.25, 0.3) is 0 Å². The normalized spacial score (nSPS) is 11.3. The number of nitrogen functional groups attached to an aromatic ring is 1. The third-order valence-corrected chi connectivity index (χ3v) is 3.07. The van der Waals surface area contributed by atoms with Gasteiger partial charge in [0, 0.05) is 17.0 Å². The highest BCUT2D eigenvalue weighted by Gasteiger charge is 2.18. The van der Waals surface area contributed by atoms with Gasteiger partial charge in [-0.05, 0) is 31.2 Å². The summed E-state index contributed by atoms with van der Waals surface area (Å²) < 4.78 is 5.45. The molecule has 1 aromatic heterocycles. The van der Waals surface area contributed by atoms with Crippen molar-refractivity contribution in [3.8, 4) is 17.1 Å². The average molecular weight is 286 g/mol. The van der Waals surface area contributed by atoms with Gasteiger partial charge in [0.05, 0.1) is 12.3 Å². The minimum absolute atomic E-state index is 0.0748. The quantitative estimate of drug-likeness (QED) is 0.667. The average Bonchev–Trinajstić information content (AvgIpc) is 2.47. The molecule has 0 radical (unpaired) electrons. The molecule has 2 rings (SSSR count). The smallest absolute Gasteiger partial charge is 0.161 e. The molecule has 2 aromatic rings. The lowest BCUT2D eigenvalue weighted by molar-refractivity contribution is 0.340.